The number of halogens is 6. The molecule has 0 spiro atoms. The van der Waals surface area contributed by atoms with Crippen LogP contribution in [0.4, 0.5) is 26.3 Å². The topological polar surface area (TPSA) is 64.4 Å². The number of aliphatic carboxylic acids is 1. The first-order valence-corrected chi connectivity index (χ1v) is 7.03. The summed E-state index contributed by atoms with van der Waals surface area (Å²) in [7, 11) is 1.12. The summed E-state index contributed by atoms with van der Waals surface area (Å²) in [4.78, 5) is 10.9. The molecule has 0 aliphatic heterocycles. The summed E-state index contributed by atoms with van der Waals surface area (Å²) in [6, 6.07) is 2.65. The molecule has 1 unspecified atom stereocenters. The van der Waals surface area contributed by atoms with Gasteiger partial charge in [0.05, 0.1) is 11.3 Å². The van der Waals surface area contributed by atoms with Gasteiger partial charge in [-0.25, -0.2) is 4.79 Å². The van der Waals surface area contributed by atoms with E-state index in [9.17, 15) is 31.1 Å². The first kappa shape index (κ1) is 19.6. The fourth-order valence-corrected chi connectivity index (χ4v) is 2.11. The van der Waals surface area contributed by atoms with Crippen molar-refractivity contribution < 1.29 is 41.0 Å². The van der Waals surface area contributed by atoms with Gasteiger partial charge in [-0.3, -0.25) is 4.68 Å². The first-order valence-electron chi connectivity index (χ1n) is 7.03. The molecular formula is C15H12F6N2O3. The monoisotopic (exact) mass is 382 g/mol. The van der Waals surface area contributed by atoms with Crippen LogP contribution in [0.5, 0.6) is 5.75 Å². The molecule has 1 heterocycles. The van der Waals surface area contributed by atoms with Gasteiger partial charge in [-0.2, -0.15) is 31.4 Å². The third-order valence-corrected chi connectivity index (χ3v) is 3.40. The van der Waals surface area contributed by atoms with E-state index >= 15 is 0 Å². The Morgan fingerprint density at radius 2 is 1.77 bits per heavy atom. The Balaban J connectivity index is 2.63. The van der Waals surface area contributed by atoms with Crippen LogP contribution in [0.15, 0.2) is 24.3 Å². The van der Waals surface area contributed by atoms with Crippen molar-refractivity contribution in [3.8, 4) is 17.0 Å². The van der Waals surface area contributed by atoms with E-state index in [1.54, 1.807) is 0 Å². The summed E-state index contributed by atoms with van der Waals surface area (Å²) in [5.41, 5.74) is -3.10. The summed E-state index contributed by atoms with van der Waals surface area (Å²) in [6.07, 6.45) is -11.0. The zero-order chi connectivity index (χ0) is 19.9. The second-order valence-electron chi connectivity index (χ2n) is 5.34. The standard InChI is InChI=1S/C15H12F6N2O3/c1-7(13(24)25)26-11-4-3-8(14(16,17)18)5-9(11)10-6-12(15(19,20)21)22-23(10)2/h3-7H,1-2H3,(H,24,25). The van der Waals surface area contributed by atoms with E-state index in [0.29, 0.717) is 18.2 Å². The van der Waals surface area contributed by atoms with Gasteiger partial charge < -0.3 is 9.84 Å². The minimum Gasteiger partial charge on any atom is -0.479 e. The molecule has 0 aliphatic rings. The van der Waals surface area contributed by atoms with Crippen LogP contribution in [-0.4, -0.2) is 27.0 Å². The molecule has 0 fully saturated rings. The number of hydrogen-bond acceptors (Lipinski definition) is 3. The number of hydrogen-bond donors (Lipinski definition) is 1. The highest BCUT2D eigenvalue weighted by atomic mass is 19.4. The van der Waals surface area contributed by atoms with Crippen LogP contribution >= 0.6 is 0 Å². The minimum absolute atomic E-state index is 0.309. The van der Waals surface area contributed by atoms with E-state index in [1.807, 2.05) is 0 Å². The maximum atomic E-state index is 13.0. The van der Waals surface area contributed by atoms with Crippen LogP contribution < -0.4 is 4.74 Å². The third-order valence-electron chi connectivity index (χ3n) is 3.40. The number of nitrogens with zero attached hydrogens (tertiary/aromatic N) is 2. The van der Waals surface area contributed by atoms with Crippen molar-refractivity contribution in [1.82, 2.24) is 9.78 Å². The summed E-state index contributed by atoms with van der Waals surface area (Å²) < 4.78 is 83.2. The van der Waals surface area contributed by atoms with E-state index in [1.165, 1.54) is 0 Å². The lowest BCUT2D eigenvalue weighted by Gasteiger charge is -2.16. The second-order valence-corrected chi connectivity index (χ2v) is 5.34. The van der Waals surface area contributed by atoms with Crippen molar-refractivity contribution in [3.63, 3.8) is 0 Å². The van der Waals surface area contributed by atoms with Crippen molar-refractivity contribution in [3.05, 3.63) is 35.5 Å². The van der Waals surface area contributed by atoms with Gasteiger partial charge in [-0.15, -0.1) is 0 Å². The average molecular weight is 382 g/mol. The van der Waals surface area contributed by atoms with E-state index in [0.717, 1.165) is 24.7 Å². The smallest absolute Gasteiger partial charge is 0.435 e. The lowest BCUT2D eigenvalue weighted by molar-refractivity contribution is -0.144. The molecule has 5 nitrogen and oxygen atoms in total. The molecule has 0 saturated carbocycles. The third kappa shape index (κ3) is 4.09. The van der Waals surface area contributed by atoms with Gasteiger partial charge in [0.2, 0.25) is 0 Å². The van der Waals surface area contributed by atoms with Crippen LogP contribution in [0.25, 0.3) is 11.3 Å². The molecule has 2 rings (SSSR count). The summed E-state index contributed by atoms with van der Waals surface area (Å²) in [5, 5.41) is 12.1. The number of alkyl halides is 6. The van der Waals surface area contributed by atoms with Crippen LogP contribution in [0.2, 0.25) is 0 Å². The molecular weight excluding hydrogens is 370 g/mol. The lowest BCUT2D eigenvalue weighted by Crippen LogP contribution is -2.23. The van der Waals surface area contributed by atoms with Gasteiger partial charge in [0.25, 0.3) is 0 Å². The van der Waals surface area contributed by atoms with Crippen LogP contribution in [0.1, 0.15) is 18.2 Å². The molecule has 1 aromatic carbocycles. The largest absolute Gasteiger partial charge is 0.479 e. The summed E-state index contributed by atoms with van der Waals surface area (Å²) >= 11 is 0. The average Bonchev–Trinajstić information content (AvgIpc) is 2.88. The number of carboxylic acid groups (broad SMARTS) is 1. The Hall–Kier alpha value is -2.72. The van der Waals surface area contributed by atoms with Gasteiger partial charge >= 0.3 is 18.3 Å². The van der Waals surface area contributed by atoms with E-state index < -0.39 is 35.7 Å². The Kier molecular flexibility index (Phi) is 4.93. The molecule has 11 heteroatoms. The highest BCUT2D eigenvalue weighted by Gasteiger charge is 2.36. The predicted octanol–water partition coefficient (Wildman–Crippen LogP) is 3.98. The molecule has 0 bridgehead atoms. The highest BCUT2D eigenvalue weighted by molar-refractivity contribution is 5.74. The zero-order valence-electron chi connectivity index (χ0n) is 13.3. The molecule has 0 amide bonds. The molecule has 142 valence electrons. The molecule has 0 aliphatic carbocycles. The van der Waals surface area contributed by atoms with Crippen molar-refractivity contribution in [2.75, 3.05) is 0 Å². The normalized spacial score (nSPS) is 13.5. The van der Waals surface area contributed by atoms with Gasteiger partial charge in [-0.1, -0.05) is 0 Å². The van der Waals surface area contributed by atoms with E-state index in [4.69, 9.17) is 9.84 Å². The molecule has 1 aromatic heterocycles. The molecule has 0 saturated heterocycles. The number of carboxylic acids is 1. The number of ether oxygens (including phenoxy) is 1. The molecule has 0 radical (unpaired) electrons. The molecule has 1 N–H and O–H groups in total. The van der Waals surface area contributed by atoms with Crippen LogP contribution in [0.3, 0.4) is 0 Å². The van der Waals surface area contributed by atoms with E-state index in [-0.39, 0.29) is 17.0 Å². The second kappa shape index (κ2) is 6.54. The van der Waals surface area contributed by atoms with Gasteiger partial charge in [0, 0.05) is 12.6 Å². The molecule has 2 aromatic rings. The van der Waals surface area contributed by atoms with Crippen molar-refractivity contribution in [1.29, 1.82) is 0 Å². The number of rotatable bonds is 4. The number of aromatic nitrogens is 2. The van der Waals surface area contributed by atoms with Crippen molar-refractivity contribution in [2.45, 2.75) is 25.4 Å². The number of benzene rings is 1. The van der Waals surface area contributed by atoms with Gasteiger partial charge in [0.15, 0.2) is 11.8 Å². The Labute approximate surface area is 142 Å². The quantitative estimate of drug-likeness (QED) is 0.813. The maximum absolute atomic E-state index is 13.0. The SMILES string of the molecule is CC(Oc1ccc(C(F)(F)F)cc1-c1cc(C(F)(F)F)nn1C)C(=O)O. The Morgan fingerprint density at radius 3 is 2.23 bits per heavy atom. The summed E-state index contributed by atoms with van der Waals surface area (Å²) in [6.45, 7) is 1.13. The van der Waals surface area contributed by atoms with Crippen molar-refractivity contribution in [2.24, 2.45) is 7.05 Å². The Morgan fingerprint density at radius 1 is 1.15 bits per heavy atom. The Bertz CT molecular complexity index is 826. The van der Waals surface area contributed by atoms with Gasteiger partial charge in [-0.05, 0) is 31.2 Å². The highest BCUT2D eigenvalue weighted by Crippen LogP contribution is 2.39. The maximum Gasteiger partial charge on any atom is 0.435 e. The van der Waals surface area contributed by atoms with E-state index in [2.05, 4.69) is 5.10 Å². The number of aryl methyl sites for hydroxylation is 1. The summed E-state index contributed by atoms with van der Waals surface area (Å²) in [5.74, 6) is -1.71. The first-order chi connectivity index (χ1) is 11.8. The fraction of sp³-hybridized carbons (Fsp3) is 0.333. The predicted molar refractivity (Wildman–Crippen MR) is 76.4 cm³/mol. The molecule has 1 atom stereocenters. The van der Waals surface area contributed by atoms with Crippen LogP contribution in [0, 0.1) is 0 Å². The zero-order valence-corrected chi connectivity index (χ0v) is 13.3. The van der Waals surface area contributed by atoms with Crippen molar-refractivity contribution >= 4 is 5.97 Å². The van der Waals surface area contributed by atoms with Crippen LogP contribution in [-0.2, 0) is 24.2 Å². The minimum atomic E-state index is -4.80. The fourth-order valence-electron chi connectivity index (χ4n) is 2.11. The van der Waals surface area contributed by atoms with Gasteiger partial charge in [0.1, 0.15) is 5.75 Å². The molecule has 26 heavy (non-hydrogen) atoms. The lowest BCUT2D eigenvalue weighted by atomic mass is 10.1. The number of carbonyl (C=O) groups is 1.